The fraction of sp³-hybridized carbons (Fsp3) is 0.125. The quantitative estimate of drug-likeness (QED) is 0.761. The van der Waals surface area contributed by atoms with Gasteiger partial charge in [0.2, 0.25) is 0 Å². The molecule has 0 saturated carbocycles. The normalized spacial score (nSPS) is 12.2. The van der Waals surface area contributed by atoms with E-state index in [4.69, 9.17) is 0 Å². The van der Waals surface area contributed by atoms with Gasteiger partial charge in [-0.3, -0.25) is 4.98 Å². The van der Waals surface area contributed by atoms with E-state index in [1.807, 2.05) is 54.6 Å². The molecule has 0 bridgehead atoms. The number of hydrogen-bond donors (Lipinski definition) is 2. The molecule has 3 aromatic rings. The molecule has 0 radical (unpaired) electrons. The van der Waals surface area contributed by atoms with Crippen LogP contribution in [0.3, 0.4) is 0 Å². The van der Waals surface area contributed by atoms with E-state index in [9.17, 15) is 5.11 Å². The standard InChI is InChI=1S/C16H15N3O/c20-15(12-6-2-1-3-7-12)10-18-16-11-17-13-8-4-5-9-14(13)19-16/h1-9,11,15,20H,10H2,(H,18,19)/t15-/m0/s1. The van der Waals surface area contributed by atoms with Crippen molar-refractivity contribution in [1.29, 1.82) is 0 Å². The topological polar surface area (TPSA) is 58.0 Å². The molecule has 100 valence electrons. The molecular weight excluding hydrogens is 250 g/mol. The van der Waals surface area contributed by atoms with Gasteiger partial charge in [0.15, 0.2) is 0 Å². The smallest absolute Gasteiger partial charge is 0.145 e. The number of rotatable bonds is 4. The van der Waals surface area contributed by atoms with Gasteiger partial charge in [0, 0.05) is 6.54 Å². The first-order valence-corrected chi connectivity index (χ1v) is 6.51. The molecule has 4 heteroatoms. The minimum Gasteiger partial charge on any atom is -0.387 e. The Balaban J connectivity index is 1.70. The first kappa shape index (κ1) is 12.6. The molecule has 0 amide bonds. The molecule has 2 N–H and O–H groups in total. The summed E-state index contributed by atoms with van der Waals surface area (Å²) in [6, 6.07) is 17.3. The van der Waals surface area contributed by atoms with Gasteiger partial charge in [-0.1, -0.05) is 42.5 Å². The third-order valence-electron chi connectivity index (χ3n) is 3.11. The summed E-state index contributed by atoms with van der Waals surface area (Å²) in [5, 5.41) is 13.2. The Kier molecular flexibility index (Phi) is 3.56. The summed E-state index contributed by atoms with van der Waals surface area (Å²) in [5.41, 5.74) is 2.59. The van der Waals surface area contributed by atoms with Crippen LogP contribution in [-0.2, 0) is 0 Å². The van der Waals surface area contributed by atoms with Crippen LogP contribution in [0, 0.1) is 0 Å². The van der Waals surface area contributed by atoms with Crippen LogP contribution in [0.15, 0.2) is 60.8 Å². The predicted molar refractivity (Wildman–Crippen MR) is 79.4 cm³/mol. The molecule has 20 heavy (non-hydrogen) atoms. The highest BCUT2D eigenvalue weighted by atomic mass is 16.3. The predicted octanol–water partition coefficient (Wildman–Crippen LogP) is 2.78. The number of nitrogens with one attached hydrogen (secondary N) is 1. The molecule has 4 nitrogen and oxygen atoms in total. The van der Waals surface area contributed by atoms with Gasteiger partial charge < -0.3 is 10.4 Å². The van der Waals surface area contributed by atoms with E-state index < -0.39 is 6.10 Å². The molecule has 0 aliphatic rings. The summed E-state index contributed by atoms with van der Waals surface area (Å²) < 4.78 is 0. The average molecular weight is 265 g/mol. The van der Waals surface area contributed by atoms with Crippen molar-refractivity contribution in [1.82, 2.24) is 9.97 Å². The minimum absolute atomic E-state index is 0.400. The Morgan fingerprint density at radius 3 is 2.45 bits per heavy atom. The molecule has 0 spiro atoms. The molecular formula is C16H15N3O. The molecule has 0 fully saturated rings. The molecule has 0 aliphatic carbocycles. The zero-order chi connectivity index (χ0) is 13.8. The highest BCUT2D eigenvalue weighted by Crippen LogP contribution is 2.15. The Bertz CT molecular complexity index is 700. The second kappa shape index (κ2) is 5.67. The van der Waals surface area contributed by atoms with Gasteiger partial charge in [0.1, 0.15) is 5.82 Å². The Morgan fingerprint density at radius 2 is 1.65 bits per heavy atom. The summed E-state index contributed by atoms with van der Waals surface area (Å²) in [6.45, 7) is 0.400. The number of aliphatic hydroxyl groups is 1. The van der Waals surface area contributed by atoms with E-state index in [-0.39, 0.29) is 0 Å². The van der Waals surface area contributed by atoms with E-state index >= 15 is 0 Å². The highest BCUT2D eigenvalue weighted by Gasteiger charge is 2.07. The van der Waals surface area contributed by atoms with Crippen molar-refractivity contribution < 1.29 is 5.11 Å². The van der Waals surface area contributed by atoms with Crippen LogP contribution in [0.1, 0.15) is 11.7 Å². The number of aromatic nitrogens is 2. The molecule has 2 aromatic carbocycles. The molecule has 0 aliphatic heterocycles. The number of anilines is 1. The van der Waals surface area contributed by atoms with Gasteiger partial charge >= 0.3 is 0 Å². The maximum Gasteiger partial charge on any atom is 0.145 e. The van der Waals surface area contributed by atoms with Crippen LogP contribution in [-0.4, -0.2) is 21.6 Å². The van der Waals surface area contributed by atoms with Crippen molar-refractivity contribution in [3.05, 3.63) is 66.4 Å². The summed E-state index contributed by atoms with van der Waals surface area (Å²) in [7, 11) is 0. The number of fused-ring (bicyclic) bond motifs is 1. The lowest BCUT2D eigenvalue weighted by atomic mass is 10.1. The van der Waals surface area contributed by atoms with Crippen LogP contribution >= 0.6 is 0 Å². The van der Waals surface area contributed by atoms with Crippen molar-refractivity contribution in [3.63, 3.8) is 0 Å². The monoisotopic (exact) mass is 265 g/mol. The van der Waals surface area contributed by atoms with Crippen LogP contribution in [0.5, 0.6) is 0 Å². The molecule has 1 heterocycles. The summed E-state index contributed by atoms with van der Waals surface area (Å²) >= 11 is 0. The fourth-order valence-corrected chi connectivity index (χ4v) is 2.04. The van der Waals surface area contributed by atoms with Gasteiger partial charge in [0.05, 0.1) is 23.3 Å². The average Bonchev–Trinajstić information content (AvgIpc) is 2.53. The highest BCUT2D eigenvalue weighted by molar-refractivity contribution is 5.75. The molecule has 3 rings (SSSR count). The van der Waals surface area contributed by atoms with E-state index in [1.54, 1.807) is 6.20 Å². The van der Waals surface area contributed by atoms with Crippen LogP contribution in [0.2, 0.25) is 0 Å². The minimum atomic E-state index is -0.565. The van der Waals surface area contributed by atoms with Crippen LogP contribution in [0.4, 0.5) is 5.82 Å². The number of aliphatic hydroxyl groups excluding tert-OH is 1. The largest absolute Gasteiger partial charge is 0.387 e. The number of para-hydroxylation sites is 2. The summed E-state index contributed by atoms with van der Waals surface area (Å²) in [6.07, 6.45) is 1.12. The third kappa shape index (κ3) is 2.75. The lowest BCUT2D eigenvalue weighted by Crippen LogP contribution is -2.13. The van der Waals surface area contributed by atoms with Gasteiger partial charge in [-0.25, -0.2) is 4.98 Å². The Labute approximate surface area is 117 Å². The van der Waals surface area contributed by atoms with Crippen molar-refractivity contribution >= 4 is 16.9 Å². The number of nitrogens with zero attached hydrogens (tertiary/aromatic N) is 2. The molecule has 0 unspecified atom stereocenters. The second-order valence-electron chi connectivity index (χ2n) is 4.55. The van der Waals surface area contributed by atoms with E-state index in [2.05, 4.69) is 15.3 Å². The lowest BCUT2D eigenvalue weighted by Gasteiger charge is -2.12. The number of hydrogen-bond acceptors (Lipinski definition) is 4. The lowest BCUT2D eigenvalue weighted by molar-refractivity contribution is 0.191. The van der Waals surface area contributed by atoms with E-state index in [0.717, 1.165) is 16.6 Å². The van der Waals surface area contributed by atoms with Crippen molar-refractivity contribution in [2.45, 2.75) is 6.10 Å². The van der Waals surface area contributed by atoms with Crippen LogP contribution < -0.4 is 5.32 Å². The van der Waals surface area contributed by atoms with Gasteiger partial charge in [-0.2, -0.15) is 0 Å². The van der Waals surface area contributed by atoms with Crippen molar-refractivity contribution in [2.75, 3.05) is 11.9 Å². The van der Waals surface area contributed by atoms with Crippen molar-refractivity contribution in [3.8, 4) is 0 Å². The van der Waals surface area contributed by atoms with Crippen molar-refractivity contribution in [2.24, 2.45) is 0 Å². The zero-order valence-electron chi connectivity index (χ0n) is 10.9. The maximum atomic E-state index is 10.1. The SMILES string of the molecule is O[C@@H](CNc1cnc2ccccc2n1)c1ccccc1. The maximum absolute atomic E-state index is 10.1. The van der Waals surface area contributed by atoms with E-state index in [0.29, 0.717) is 12.4 Å². The molecule has 1 atom stereocenters. The first-order chi connectivity index (χ1) is 9.83. The molecule has 1 aromatic heterocycles. The Hall–Kier alpha value is -2.46. The van der Waals surface area contributed by atoms with Crippen LogP contribution in [0.25, 0.3) is 11.0 Å². The first-order valence-electron chi connectivity index (χ1n) is 6.51. The number of benzene rings is 2. The molecule has 0 saturated heterocycles. The fourth-order valence-electron chi connectivity index (χ4n) is 2.04. The van der Waals surface area contributed by atoms with Gasteiger partial charge in [-0.05, 0) is 17.7 Å². The van der Waals surface area contributed by atoms with Gasteiger partial charge in [0.25, 0.3) is 0 Å². The zero-order valence-corrected chi connectivity index (χ0v) is 10.9. The second-order valence-corrected chi connectivity index (χ2v) is 4.55. The van der Waals surface area contributed by atoms with E-state index in [1.165, 1.54) is 0 Å². The summed E-state index contributed by atoms with van der Waals surface area (Å²) in [4.78, 5) is 8.78. The summed E-state index contributed by atoms with van der Waals surface area (Å²) in [5.74, 6) is 0.665. The van der Waals surface area contributed by atoms with Gasteiger partial charge in [-0.15, -0.1) is 0 Å². The third-order valence-corrected chi connectivity index (χ3v) is 3.11. The Morgan fingerprint density at radius 1 is 0.950 bits per heavy atom.